The number of nitrogens with zero attached hydrogens (tertiary/aromatic N) is 1. The number of hydrogen-bond donors (Lipinski definition) is 1. The zero-order valence-corrected chi connectivity index (χ0v) is 6.50. The SMILES string of the molecule is CCCNCOC(=O)CN=O. The van der Waals surface area contributed by atoms with Crippen LogP contribution in [0.25, 0.3) is 0 Å². The Hall–Kier alpha value is -0.970. The largest absolute Gasteiger partial charge is 0.448 e. The smallest absolute Gasteiger partial charge is 0.332 e. The Morgan fingerprint density at radius 1 is 1.64 bits per heavy atom. The van der Waals surface area contributed by atoms with E-state index in [0.29, 0.717) is 0 Å². The minimum absolute atomic E-state index is 0.155. The molecule has 11 heavy (non-hydrogen) atoms. The Bertz CT molecular complexity index is 127. The Kier molecular flexibility index (Phi) is 6.51. The minimum atomic E-state index is -0.594. The maximum atomic E-state index is 10.5. The van der Waals surface area contributed by atoms with Gasteiger partial charge in [-0.3, -0.25) is 5.32 Å². The Labute approximate surface area is 65.1 Å². The molecular weight excluding hydrogens is 148 g/mol. The topological polar surface area (TPSA) is 67.8 Å². The van der Waals surface area contributed by atoms with Crippen molar-refractivity contribution in [2.24, 2.45) is 5.18 Å². The third kappa shape index (κ3) is 6.92. The average molecular weight is 160 g/mol. The first-order valence-corrected chi connectivity index (χ1v) is 3.46. The molecule has 0 rings (SSSR count). The van der Waals surface area contributed by atoms with Crippen molar-refractivity contribution in [1.29, 1.82) is 0 Å². The van der Waals surface area contributed by atoms with Crippen molar-refractivity contribution in [3.8, 4) is 0 Å². The van der Waals surface area contributed by atoms with Crippen LogP contribution >= 0.6 is 0 Å². The van der Waals surface area contributed by atoms with Gasteiger partial charge in [0.2, 0.25) is 0 Å². The van der Waals surface area contributed by atoms with Gasteiger partial charge in [0, 0.05) is 0 Å². The fraction of sp³-hybridized carbons (Fsp3) is 0.833. The Morgan fingerprint density at radius 3 is 2.91 bits per heavy atom. The van der Waals surface area contributed by atoms with Gasteiger partial charge in [0.15, 0.2) is 6.54 Å². The molecule has 5 heteroatoms. The highest BCUT2D eigenvalue weighted by atomic mass is 16.5. The first kappa shape index (κ1) is 10.0. The second-order valence-corrected chi connectivity index (χ2v) is 1.95. The maximum absolute atomic E-state index is 10.5. The van der Waals surface area contributed by atoms with Gasteiger partial charge in [0.05, 0.1) is 0 Å². The van der Waals surface area contributed by atoms with Crippen LogP contribution in [-0.4, -0.2) is 25.8 Å². The summed E-state index contributed by atoms with van der Waals surface area (Å²) in [6.45, 7) is 2.54. The molecule has 0 heterocycles. The molecule has 0 aliphatic heterocycles. The molecule has 64 valence electrons. The summed E-state index contributed by atoms with van der Waals surface area (Å²) in [5.74, 6) is -0.594. The van der Waals surface area contributed by atoms with Crippen molar-refractivity contribution in [2.45, 2.75) is 13.3 Å². The van der Waals surface area contributed by atoms with Crippen LogP contribution in [0.4, 0.5) is 0 Å². The van der Waals surface area contributed by atoms with Gasteiger partial charge in [-0.25, -0.2) is 4.79 Å². The molecule has 0 aromatic rings. The second-order valence-electron chi connectivity index (χ2n) is 1.95. The number of ether oxygens (including phenoxy) is 1. The molecule has 0 bridgehead atoms. The van der Waals surface area contributed by atoms with E-state index in [-0.39, 0.29) is 6.73 Å². The zero-order valence-electron chi connectivity index (χ0n) is 6.50. The molecule has 0 fully saturated rings. The van der Waals surface area contributed by atoms with Gasteiger partial charge in [-0.05, 0) is 13.0 Å². The summed E-state index contributed by atoms with van der Waals surface area (Å²) in [6, 6.07) is 0. The van der Waals surface area contributed by atoms with Crippen molar-refractivity contribution >= 4 is 5.97 Å². The fourth-order valence-corrected chi connectivity index (χ4v) is 0.479. The lowest BCUT2D eigenvalue weighted by atomic mass is 10.5. The van der Waals surface area contributed by atoms with Crippen molar-refractivity contribution in [3.05, 3.63) is 4.91 Å². The van der Waals surface area contributed by atoms with Gasteiger partial charge in [-0.1, -0.05) is 12.1 Å². The van der Waals surface area contributed by atoms with Crippen molar-refractivity contribution in [2.75, 3.05) is 19.8 Å². The molecule has 0 aliphatic carbocycles. The number of hydrogen-bond acceptors (Lipinski definition) is 5. The van der Waals surface area contributed by atoms with Gasteiger partial charge in [0.1, 0.15) is 6.73 Å². The monoisotopic (exact) mass is 160 g/mol. The number of carbonyl (C=O) groups excluding carboxylic acids is 1. The van der Waals surface area contributed by atoms with Gasteiger partial charge >= 0.3 is 5.97 Å². The third-order valence-electron chi connectivity index (χ3n) is 0.956. The first-order valence-electron chi connectivity index (χ1n) is 3.46. The normalized spacial score (nSPS) is 9.18. The summed E-state index contributed by atoms with van der Waals surface area (Å²) in [5, 5.41) is 5.22. The van der Waals surface area contributed by atoms with Crippen LogP contribution in [0, 0.1) is 4.91 Å². The summed E-state index contributed by atoms with van der Waals surface area (Å²) in [5.41, 5.74) is 0. The van der Waals surface area contributed by atoms with Crippen LogP contribution in [0.15, 0.2) is 5.18 Å². The van der Waals surface area contributed by atoms with Gasteiger partial charge in [-0.15, -0.1) is 0 Å². The molecule has 0 saturated carbocycles. The lowest BCUT2D eigenvalue weighted by molar-refractivity contribution is -0.142. The van der Waals surface area contributed by atoms with E-state index in [1.165, 1.54) is 0 Å². The standard InChI is InChI=1S/C6H12N2O3/c1-2-3-7-5-11-6(9)4-8-10/h7H,2-5H2,1H3. The minimum Gasteiger partial charge on any atom is -0.448 e. The fourth-order valence-electron chi connectivity index (χ4n) is 0.479. The van der Waals surface area contributed by atoms with Crippen molar-refractivity contribution in [3.63, 3.8) is 0 Å². The molecule has 0 aliphatic rings. The molecule has 0 radical (unpaired) electrons. The highest BCUT2D eigenvalue weighted by Crippen LogP contribution is 1.77. The zero-order chi connectivity index (χ0) is 8.53. The van der Waals surface area contributed by atoms with E-state index in [0.717, 1.165) is 13.0 Å². The molecule has 0 unspecified atom stereocenters. The molecule has 0 aromatic carbocycles. The highest BCUT2D eigenvalue weighted by Gasteiger charge is 1.99. The van der Waals surface area contributed by atoms with Gasteiger partial charge in [-0.2, -0.15) is 4.91 Å². The van der Waals surface area contributed by atoms with Crippen molar-refractivity contribution < 1.29 is 9.53 Å². The molecule has 1 N–H and O–H groups in total. The third-order valence-corrected chi connectivity index (χ3v) is 0.956. The molecule has 0 amide bonds. The number of esters is 1. The van der Waals surface area contributed by atoms with E-state index in [9.17, 15) is 9.70 Å². The van der Waals surface area contributed by atoms with Gasteiger partial charge in [0.25, 0.3) is 0 Å². The average Bonchev–Trinajstić information content (AvgIpc) is 1.99. The van der Waals surface area contributed by atoms with Gasteiger partial charge < -0.3 is 4.74 Å². The number of carbonyl (C=O) groups is 1. The lowest BCUT2D eigenvalue weighted by Crippen LogP contribution is -2.22. The predicted octanol–water partition coefficient (Wildman–Crippen LogP) is 0.253. The van der Waals surface area contributed by atoms with E-state index >= 15 is 0 Å². The number of rotatable bonds is 6. The quantitative estimate of drug-likeness (QED) is 0.262. The van der Waals surface area contributed by atoms with E-state index in [2.05, 4.69) is 15.2 Å². The summed E-state index contributed by atoms with van der Waals surface area (Å²) >= 11 is 0. The molecule has 0 atom stereocenters. The maximum Gasteiger partial charge on any atom is 0.332 e. The molecule has 0 spiro atoms. The van der Waals surface area contributed by atoms with Crippen LogP contribution in [0.1, 0.15) is 13.3 Å². The summed E-state index contributed by atoms with van der Waals surface area (Å²) in [4.78, 5) is 20.0. The molecule has 0 aromatic heterocycles. The molecule has 0 saturated heterocycles. The van der Waals surface area contributed by atoms with Crippen LogP contribution in [0.5, 0.6) is 0 Å². The van der Waals surface area contributed by atoms with Crippen LogP contribution in [0.3, 0.4) is 0 Å². The van der Waals surface area contributed by atoms with E-state index < -0.39 is 12.5 Å². The first-order chi connectivity index (χ1) is 5.31. The summed E-state index contributed by atoms with van der Waals surface area (Å²) < 4.78 is 4.54. The molecule has 5 nitrogen and oxygen atoms in total. The number of nitrogens with one attached hydrogen (secondary N) is 1. The number of nitroso groups, excluding NO2 is 1. The lowest BCUT2D eigenvalue weighted by Gasteiger charge is -2.02. The van der Waals surface area contributed by atoms with Crippen LogP contribution < -0.4 is 5.32 Å². The van der Waals surface area contributed by atoms with E-state index in [1.54, 1.807) is 0 Å². The van der Waals surface area contributed by atoms with Crippen LogP contribution in [-0.2, 0) is 9.53 Å². The predicted molar refractivity (Wildman–Crippen MR) is 39.9 cm³/mol. The van der Waals surface area contributed by atoms with E-state index in [4.69, 9.17) is 0 Å². The Morgan fingerprint density at radius 2 is 2.36 bits per heavy atom. The van der Waals surface area contributed by atoms with Crippen LogP contribution in [0.2, 0.25) is 0 Å². The van der Waals surface area contributed by atoms with E-state index in [1.807, 2.05) is 6.92 Å². The second kappa shape index (κ2) is 7.14. The summed E-state index contributed by atoms with van der Waals surface area (Å²) in [7, 11) is 0. The Balaban J connectivity index is 3.10. The highest BCUT2D eigenvalue weighted by molar-refractivity contribution is 5.71. The summed E-state index contributed by atoms with van der Waals surface area (Å²) in [6.07, 6.45) is 0.976. The van der Waals surface area contributed by atoms with Crippen molar-refractivity contribution in [1.82, 2.24) is 5.32 Å². The molecular formula is C6H12N2O3.